The first-order valence-electron chi connectivity index (χ1n) is 5.36. The highest BCUT2D eigenvalue weighted by Gasteiger charge is 2.10. The van der Waals surface area contributed by atoms with Crippen molar-refractivity contribution in [2.24, 2.45) is 0 Å². The summed E-state index contributed by atoms with van der Waals surface area (Å²) in [4.78, 5) is 0. The highest BCUT2D eigenvalue weighted by Crippen LogP contribution is 2.26. The van der Waals surface area contributed by atoms with E-state index in [-0.39, 0.29) is 11.9 Å². The Hall–Kier alpha value is -1.31. The van der Waals surface area contributed by atoms with Gasteiger partial charge in [-0.05, 0) is 56.5 Å². The molecule has 1 fully saturated rings. The minimum Gasteiger partial charge on any atom is -0.487 e. The summed E-state index contributed by atoms with van der Waals surface area (Å²) < 4.78 is 18.3. The van der Waals surface area contributed by atoms with Crippen molar-refractivity contribution in [1.29, 1.82) is 0 Å². The lowest BCUT2D eigenvalue weighted by Gasteiger charge is -2.19. The normalized spacial score (nSPS) is 16.8. The third-order valence-corrected chi connectivity index (χ3v) is 2.60. The second kappa shape index (κ2) is 4.47. The molecule has 2 heteroatoms. The number of rotatable bonds is 3. The van der Waals surface area contributed by atoms with Gasteiger partial charge in [-0.3, -0.25) is 0 Å². The smallest absolute Gasteiger partial charge is 0.123 e. The van der Waals surface area contributed by atoms with Crippen molar-refractivity contribution in [3.05, 3.63) is 41.7 Å². The molecule has 0 amide bonds. The summed E-state index contributed by atoms with van der Waals surface area (Å²) in [5.41, 5.74) is 1.48. The third-order valence-electron chi connectivity index (χ3n) is 2.60. The molecule has 1 aromatic carbocycles. The lowest BCUT2D eigenvalue weighted by Crippen LogP contribution is -2.11. The fourth-order valence-corrected chi connectivity index (χ4v) is 1.64. The van der Waals surface area contributed by atoms with E-state index in [1.807, 2.05) is 6.92 Å². The van der Waals surface area contributed by atoms with Gasteiger partial charge in [-0.15, -0.1) is 0 Å². The Morgan fingerprint density at radius 1 is 1.27 bits per heavy atom. The zero-order valence-corrected chi connectivity index (χ0v) is 8.87. The van der Waals surface area contributed by atoms with Gasteiger partial charge in [0.25, 0.3) is 0 Å². The summed E-state index contributed by atoms with van der Waals surface area (Å²) >= 11 is 0. The molecule has 80 valence electrons. The number of hydrogen-bond donors (Lipinski definition) is 0. The van der Waals surface area contributed by atoms with Crippen molar-refractivity contribution in [1.82, 2.24) is 0 Å². The van der Waals surface area contributed by atoms with E-state index in [2.05, 4.69) is 6.08 Å². The zero-order chi connectivity index (χ0) is 10.7. The summed E-state index contributed by atoms with van der Waals surface area (Å²) in [6.45, 7) is 2.01. The summed E-state index contributed by atoms with van der Waals surface area (Å²) in [6, 6.07) is 6.15. The van der Waals surface area contributed by atoms with Crippen LogP contribution in [0.3, 0.4) is 0 Å². The number of allylic oxidation sites excluding steroid dienone is 1. The number of benzene rings is 1. The number of ether oxygens (including phenoxy) is 1. The van der Waals surface area contributed by atoms with Gasteiger partial charge in [-0.1, -0.05) is 5.57 Å². The van der Waals surface area contributed by atoms with Crippen molar-refractivity contribution in [2.45, 2.75) is 32.3 Å². The van der Waals surface area contributed by atoms with Crippen LogP contribution >= 0.6 is 0 Å². The lowest BCUT2D eigenvalue weighted by atomic mass is 9.91. The second-order valence-corrected chi connectivity index (χ2v) is 3.96. The Kier molecular flexibility index (Phi) is 3.05. The molecular formula is C13H15FO. The molecule has 0 spiro atoms. The van der Waals surface area contributed by atoms with Crippen molar-refractivity contribution in [2.75, 3.05) is 0 Å². The van der Waals surface area contributed by atoms with E-state index in [9.17, 15) is 4.39 Å². The van der Waals surface area contributed by atoms with Crippen LogP contribution in [0.1, 0.15) is 26.2 Å². The predicted octanol–water partition coefficient (Wildman–Crippen LogP) is 3.70. The van der Waals surface area contributed by atoms with Crippen LogP contribution in [-0.2, 0) is 0 Å². The quantitative estimate of drug-likeness (QED) is 0.685. The summed E-state index contributed by atoms with van der Waals surface area (Å²) in [5, 5.41) is 0. The second-order valence-electron chi connectivity index (χ2n) is 3.96. The molecule has 1 aromatic rings. The standard InChI is InChI=1S/C13H15FO/c1-10(9-11-3-2-4-11)15-13-7-5-12(14)6-8-13/h5-10H,2-4H2,1H3. The van der Waals surface area contributed by atoms with E-state index in [4.69, 9.17) is 4.74 Å². The Morgan fingerprint density at radius 3 is 2.47 bits per heavy atom. The molecule has 0 N–H and O–H groups in total. The van der Waals surface area contributed by atoms with Crippen LogP contribution < -0.4 is 4.74 Å². The molecule has 1 aliphatic rings. The third kappa shape index (κ3) is 2.82. The van der Waals surface area contributed by atoms with E-state index in [0.29, 0.717) is 0 Å². The Balaban J connectivity index is 1.93. The summed E-state index contributed by atoms with van der Waals surface area (Å²) in [6.07, 6.45) is 5.95. The van der Waals surface area contributed by atoms with E-state index < -0.39 is 0 Å². The van der Waals surface area contributed by atoms with Gasteiger partial charge in [-0.25, -0.2) is 4.39 Å². The molecule has 15 heavy (non-hydrogen) atoms. The van der Waals surface area contributed by atoms with Crippen LogP contribution in [0.25, 0.3) is 0 Å². The molecule has 1 saturated carbocycles. The van der Waals surface area contributed by atoms with Gasteiger partial charge in [0.2, 0.25) is 0 Å². The van der Waals surface area contributed by atoms with Crippen LogP contribution in [0.15, 0.2) is 35.9 Å². The lowest BCUT2D eigenvalue weighted by molar-refractivity contribution is 0.267. The maximum absolute atomic E-state index is 12.6. The maximum atomic E-state index is 12.6. The molecule has 1 atom stereocenters. The molecule has 1 nitrogen and oxygen atoms in total. The summed E-state index contributed by atoms with van der Waals surface area (Å²) in [5.74, 6) is 0.493. The molecule has 0 radical (unpaired) electrons. The van der Waals surface area contributed by atoms with Crippen molar-refractivity contribution in [3.63, 3.8) is 0 Å². The Morgan fingerprint density at radius 2 is 1.93 bits per heavy atom. The van der Waals surface area contributed by atoms with E-state index >= 15 is 0 Å². The molecule has 0 bridgehead atoms. The van der Waals surface area contributed by atoms with Gasteiger partial charge in [-0.2, -0.15) is 0 Å². The Labute approximate surface area is 89.6 Å². The first-order chi connectivity index (χ1) is 7.24. The molecule has 2 rings (SSSR count). The molecular weight excluding hydrogens is 191 g/mol. The molecule has 1 unspecified atom stereocenters. The largest absolute Gasteiger partial charge is 0.487 e. The molecule has 1 aliphatic carbocycles. The predicted molar refractivity (Wildman–Crippen MR) is 58.4 cm³/mol. The first kappa shape index (κ1) is 10.2. The van der Waals surface area contributed by atoms with Crippen LogP contribution in [-0.4, -0.2) is 6.10 Å². The SMILES string of the molecule is CC(C=C1CCC1)Oc1ccc(F)cc1. The summed E-state index contributed by atoms with van der Waals surface area (Å²) in [7, 11) is 0. The van der Waals surface area contributed by atoms with Crippen molar-refractivity contribution < 1.29 is 9.13 Å². The number of hydrogen-bond acceptors (Lipinski definition) is 1. The van der Waals surface area contributed by atoms with Crippen molar-refractivity contribution in [3.8, 4) is 5.75 Å². The molecule has 0 saturated heterocycles. The van der Waals surface area contributed by atoms with Gasteiger partial charge in [0.05, 0.1) is 0 Å². The van der Waals surface area contributed by atoms with Gasteiger partial charge in [0, 0.05) is 0 Å². The van der Waals surface area contributed by atoms with Crippen LogP contribution in [0.2, 0.25) is 0 Å². The maximum Gasteiger partial charge on any atom is 0.123 e. The average Bonchev–Trinajstić information content (AvgIpc) is 2.16. The van der Waals surface area contributed by atoms with Gasteiger partial charge in [0.1, 0.15) is 17.7 Å². The van der Waals surface area contributed by atoms with Crippen LogP contribution in [0.4, 0.5) is 4.39 Å². The molecule has 0 heterocycles. The van der Waals surface area contributed by atoms with Gasteiger partial charge >= 0.3 is 0 Å². The zero-order valence-electron chi connectivity index (χ0n) is 8.87. The van der Waals surface area contributed by atoms with Crippen LogP contribution in [0.5, 0.6) is 5.75 Å². The van der Waals surface area contributed by atoms with Gasteiger partial charge < -0.3 is 4.74 Å². The molecule has 0 aliphatic heterocycles. The fraction of sp³-hybridized carbons (Fsp3) is 0.385. The van der Waals surface area contributed by atoms with E-state index in [1.54, 1.807) is 12.1 Å². The van der Waals surface area contributed by atoms with Crippen molar-refractivity contribution >= 4 is 0 Å². The van der Waals surface area contributed by atoms with E-state index in [1.165, 1.54) is 37.0 Å². The topological polar surface area (TPSA) is 9.23 Å². The Bertz CT molecular complexity index is 347. The minimum absolute atomic E-state index is 0.0748. The first-order valence-corrected chi connectivity index (χ1v) is 5.36. The fourth-order valence-electron chi connectivity index (χ4n) is 1.64. The monoisotopic (exact) mass is 206 g/mol. The number of halogens is 1. The minimum atomic E-state index is -0.229. The molecule has 0 aromatic heterocycles. The average molecular weight is 206 g/mol. The van der Waals surface area contributed by atoms with E-state index in [0.717, 1.165) is 5.75 Å². The van der Waals surface area contributed by atoms with Crippen LogP contribution in [0, 0.1) is 5.82 Å². The highest BCUT2D eigenvalue weighted by atomic mass is 19.1. The van der Waals surface area contributed by atoms with Gasteiger partial charge in [0.15, 0.2) is 0 Å². The highest BCUT2D eigenvalue weighted by molar-refractivity contribution is 5.23.